The van der Waals surface area contributed by atoms with Crippen LogP contribution in [0.3, 0.4) is 0 Å². The molecule has 0 saturated carbocycles. The Morgan fingerprint density at radius 1 is 1.53 bits per heavy atom. The number of carboxylic acids is 1. The summed E-state index contributed by atoms with van der Waals surface area (Å²) in [6.45, 7) is 2.62. The maximum absolute atomic E-state index is 10.6. The van der Waals surface area contributed by atoms with Gasteiger partial charge >= 0.3 is 5.97 Å². The number of carboxylic acid groups (broad SMARTS) is 1. The first-order valence-electron chi connectivity index (χ1n) is 4.76. The number of aliphatic carboxylic acids is 1. The summed E-state index contributed by atoms with van der Waals surface area (Å²) in [5, 5.41) is 8.74. The highest BCUT2D eigenvalue weighted by molar-refractivity contribution is 9.10. The summed E-state index contributed by atoms with van der Waals surface area (Å²) in [5.41, 5.74) is 0.699. The smallest absolute Gasteiger partial charge is 0.307 e. The van der Waals surface area contributed by atoms with Gasteiger partial charge in [0.05, 0.1) is 13.0 Å². The molecule has 82 valence electrons. The molecule has 0 aromatic heterocycles. The molecule has 0 aliphatic heterocycles. The van der Waals surface area contributed by atoms with Crippen LogP contribution in [0.5, 0.6) is 5.75 Å². The lowest BCUT2D eigenvalue weighted by Crippen LogP contribution is -2.04. The van der Waals surface area contributed by atoms with E-state index in [0.717, 1.165) is 10.9 Å². The predicted octanol–water partition coefficient (Wildman–Crippen LogP) is 2.87. The average molecular weight is 273 g/mol. The monoisotopic (exact) mass is 272 g/mol. The first-order chi connectivity index (χ1) is 7.13. The zero-order chi connectivity index (χ0) is 11.3. The molecule has 0 unspecified atom stereocenters. The molecule has 0 atom stereocenters. The molecule has 0 aliphatic rings. The Balaban J connectivity index is 2.87. The second-order valence-corrected chi connectivity index (χ2v) is 4.09. The SMILES string of the molecule is CCCOc1ccc(Br)cc1CC(=O)O. The zero-order valence-electron chi connectivity index (χ0n) is 8.50. The Morgan fingerprint density at radius 3 is 2.87 bits per heavy atom. The highest BCUT2D eigenvalue weighted by Gasteiger charge is 2.08. The molecule has 1 N–H and O–H groups in total. The van der Waals surface area contributed by atoms with Gasteiger partial charge in [-0.25, -0.2) is 0 Å². The van der Waals surface area contributed by atoms with Gasteiger partial charge < -0.3 is 9.84 Å². The summed E-state index contributed by atoms with van der Waals surface area (Å²) in [5.74, 6) is -0.197. The van der Waals surface area contributed by atoms with E-state index in [0.29, 0.717) is 17.9 Å². The van der Waals surface area contributed by atoms with Gasteiger partial charge in [0.15, 0.2) is 0 Å². The van der Waals surface area contributed by atoms with E-state index >= 15 is 0 Å². The van der Waals surface area contributed by atoms with Crippen LogP contribution in [0, 0.1) is 0 Å². The molecule has 0 amide bonds. The summed E-state index contributed by atoms with van der Waals surface area (Å²) in [7, 11) is 0. The van der Waals surface area contributed by atoms with Crippen LogP contribution < -0.4 is 4.74 Å². The van der Waals surface area contributed by atoms with Gasteiger partial charge in [-0.05, 0) is 24.6 Å². The van der Waals surface area contributed by atoms with Crippen LogP contribution >= 0.6 is 15.9 Å². The van der Waals surface area contributed by atoms with Crippen molar-refractivity contribution < 1.29 is 14.6 Å². The van der Waals surface area contributed by atoms with E-state index in [9.17, 15) is 4.79 Å². The molecule has 0 heterocycles. The van der Waals surface area contributed by atoms with E-state index in [1.54, 1.807) is 12.1 Å². The van der Waals surface area contributed by atoms with Crippen LogP contribution in [-0.2, 0) is 11.2 Å². The Morgan fingerprint density at radius 2 is 2.27 bits per heavy atom. The summed E-state index contributed by atoms with van der Waals surface area (Å²) in [6, 6.07) is 5.41. The standard InChI is InChI=1S/C11H13BrO3/c1-2-5-15-10-4-3-9(12)6-8(10)7-11(13)14/h3-4,6H,2,5,7H2,1H3,(H,13,14). The summed E-state index contributed by atoms with van der Waals surface area (Å²) in [6.07, 6.45) is 0.890. The Bertz CT molecular complexity index is 350. The first kappa shape index (κ1) is 12.0. The van der Waals surface area contributed by atoms with Crippen LogP contribution in [0.2, 0.25) is 0 Å². The highest BCUT2D eigenvalue weighted by Crippen LogP contribution is 2.23. The second-order valence-electron chi connectivity index (χ2n) is 3.17. The topological polar surface area (TPSA) is 46.5 Å². The molecule has 0 fully saturated rings. The average Bonchev–Trinajstić information content (AvgIpc) is 2.16. The van der Waals surface area contributed by atoms with Crippen LogP contribution in [-0.4, -0.2) is 17.7 Å². The number of halogens is 1. The van der Waals surface area contributed by atoms with Crippen LogP contribution in [0.4, 0.5) is 0 Å². The van der Waals surface area contributed by atoms with E-state index < -0.39 is 5.97 Å². The van der Waals surface area contributed by atoms with Crippen LogP contribution in [0.1, 0.15) is 18.9 Å². The van der Waals surface area contributed by atoms with Crippen molar-refractivity contribution in [1.82, 2.24) is 0 Å². The van der Waals surface area contributed by atoms with Crippen molar-refractivity contribution in [3.05, 3.63) is 28.2 Å². The maximum Gasteiger partial charge on any atom is 0.307 e. The third-order valence-corrected chi connectivity index (χ3v) is 2.32. The maximum atomic E-state index is 10.6. The highest BCUT2D eigenvalue weighted by atomic mass is 79.9. The molecule has 4 heteroatoms. The lowest BCUT2D eigenvalue weighted by Gasteiger charge is -2.09. The van der Waals surface area contributed by atoms with E-state index in [1.807, 2.05) is 13.0 Å². The van der Waals surface area contributed by atoms with Crippen molar-refractivity contribution in [2.75, 3.05) is 6.61 Å². The zero-order valence-corrected chi connectivity index (χ0v) is 10.1. The van der Waals surface area contributed by atoms with Crippen molar-refractivity contribution in [3.8, 4) is 5.75 Å². The lowest BCUT2D eigenvalue weighted by molar-refractivity contribution is -0.136. The number of rotatable bonds is 5. The summed E-state index contributed by atoms with van der Waals surface area (Å²) >= 11 is 3.31. The molecule has 0 bridgehead atoms. The number of ether oxygens (including phenoxy) is 1. The van der Waals surface area contributed by atoms with Gasteiger partial charge in [0.25, 0.3) is 0 Å². The summed E-state index contributed by atoms with van der Waals surface area (Å²) < 4.78 is 6.32. The lowest BCUT2D eigenvalue weighted by atomic mass is 10.1. The minimum Gasteiger partial charge on any atom is -0.493 e. The van der Waals surface area contributed by atoms with Gasteiger partial charge in [0.2, 0.25) is 0 Å². The van der Waals surface area contributed by atoms with Gasteiger partial charge in [0.1, 0.15) is 5.75 Å². The fraction of sp³-hybridized carbons (Fsp3) is 0.364. The van der Waals surface area contributed by atoms with Crippen molar-refractivity contribution in [1.29, 1.82) is 0 Å². The van der Waals surface area contributed by atoms with Crippen LogP contribution in [0.25, 0.3) is 0 Å². The largest absolute Gasteiger partial charge is 0.493 e. The third kappa shape index (κ3) is 3.91. The molecule has 0 spiro atoms. The Kier molecular flexibility index (Phi) is 4.62. The van der Waals surface area contributed by atoms with Crippen molar-refractivity contribution in [2.24, 2.45) is 0 Å². The van der Waals surface area contributed by atoms with Crippen molar-refractivity contribution in [3.63, 3.8) is 0 Å². The van der Waals surface area contributed by atoms with Gasteiger partial charge in [-0.3, -0.25) is 4.79 Å². The summed E-state index contributed by atoms with van der Waals surface area (Å²) in [4.78, 5) is 10.6. The number of benzene rings is 1. The van der Waals surface area contributed by atoms with Crippen molar-refractivity contribution in [2.45, 2.75) is 19.8 Å². The fourth-order valence-electron chi connectivity index (χ4n) is 1.20. The van der Waals surface area contributed by atoms with E-state index in [-0.39, 0.29) is 6.42 Å². The van der Waals surface area contributed by atoms with Crippen LogP contribution in [0.15, 0.2) is 22.7 Å². The molecule has 0 aliphatic carbocycles. The van der Waals surface area contributed by atoms with Crippen molar-refractivity contribution >= 4 is 21.9 Å². The molecule has 0 radical (unpaired) electrons. The quantitative estimate of drug-likeness (QED) is 0.897. The Labute approximate surface area is 97.2 Å². The molecule has 15 heavy (non-hydrogen) atoms. The number of carbonyl (C=O) groups is 1. The van der Waals surface area contributed by atoms with E-state index in [4.69, 9.17) is 9.84 Å². The minimum absolute atomic E-state index is 0.0154. The molecule has 1 aromatic rings. The molecule has 0 saturated heterocycles. The fourth-order valence-corrected chi connectivity index (χ4v) is 1.61. The Hall–Kier alpha value is -1.03. The second kappa shape index (κ2) is 5.75. The third-order valence-electron chi connectivity index (χ3n) is 1.83. The van der Waals surface area contributed by atoms with E-state index in [1.165, 1.54) is 0 Å². The molecule has 3 nitrogen and oxygen atoms in total. The molecular formula is C11H13BrO3. The number of hydrogen-bond donors (Lipinski definition) is 1. The molecule has 1 rings (SSSR count). The first-order valence-corrected chi connectivity index (χ1v) is 5.55. The van der Waals surface area contributed by atoms with E-state index in [2.05, 4.69) is 15.9 Å². The van der Waals surface area contributed by atoms with Gasteiger partial charge in [-0.1, -0.05) is 22.9 Å². The normalized spacial score (nSPS) is 10.0. The molecular weight excluding hydrogens is 260 g/mol. The molecule has 1 aromatic carbocycles. The number of hydrogen-bond acceptors (Lipinski definition) is 2. The van der Waals surface area contributed by atoms with Gasteiger partial charge in [-0.2, -0.15) is 0 Å². The van der Waals surface area contributed by atoms with Gasteiger partial charge in [-0.15, -0.1) is 0 Å². The predicted molar refractivity (Wildman–Crippen MR) is 61.3 cm³/mol. The van der Waals surface area contributed by atoms with Gasteiger partial charge in [0, 0.05) is 10.0 Å². The minimum atomic E-state index is -0.852.